The van der Waals surface area contributed by atoms with Crippen molar-refractivity contribution in [3.63, 3.8) is 0 Å². The van der Waals surface area contributed by atoms with Gasteiger partial charge in [-0.25, -0.2) is 9.69 Å². The average molecular weight is 320 g/mol. The highest BCUT2D eigenvalue weighted by molar-refractivity contribution is 6.34. The molecule has 4 atom stereocenters. The Morgan fingerprint density at radius 2 is 1.73 bits per heavy atom. The molecule has 2 bridgehead atoms. The molecular formula is C15H10ClNO5. The number of rotatable bonds is 2. The van der Waals surface area contributed by atoms with E-state index in [1.165, 1.54) is 18.2 Å². The van der Waals surface area contributed by atoms with Gasteiger partial charge in [-0.3, -0.25) is 9.59 Å². The van der Waals surface area contributed by atoms with Crippen molar-refractivity contribution >= 4 is 35.1 Å². The second-order valence-corrected chi connectivity index (χ2v) is 5.89. The van der Waals surface area contributed by atoms with Crippen molar-refractivity contribution in [1.82, 2.24) is 0 Å². The summed E-state index contributed by atoms with van der Waals surface area (Å²) in [5, 5.41) is 9.17. The number of carboxylic acids is 1. The number of benzene rings is 1. The van der Waals surface area contributed by atoms with E-state index in [0.29, 0.717) is 0 Å². The van der Waals surface area contributed by atoms with Gasteiger partial charge in [-0.15, -0.1) is 0 Å². The molecule has 4 rings (SSSR count). The zero-order chi connectivity index (χ0) is 15.6. The maximum Gasteiger partial charge on any atom is 0.337 e. The molecule has 0 aliphatic carbocycles. The molecule has 0 radical (unpaired) electrons. The highest BCUT2D eigenvalue weighted by atomic mass is 35.5. The first-order chi connectivity index (χ1) is 10.5. The van der Waals surface area contributed by atoms with E-state index in [4.69, 9.17) is 21.4 Å². The molecule has 0 spiro atoms. The van der Waals surface area contributed by atoms with E-state index in [2.05, 4.69) is 0 Å². The molecule has 2 amide bonds. The standard InChI is InChI=1S/C15H10ClNO5/c16-8-2-1-6(5-7(8)15(20)21)17-13(18)11-9-3-4-10(22-9)12(11)14(17)19/h1-5,9-12H,(H,20,21)/t9-,10-,11+,12+/m1/s1. The Balaban J connectivity index is 1.76. The molecule has 0 saturated carbocycles. The van der Waals surface area contributed by atoms with Crippen LogP contribution < -0.4 is 4.90 Å². The van der Waals surface area contributed by atoms with Crippen LogP contribution in [0.1, 0.15) is 10.4 Å². The van der Waals surface area contributed by atoms with Gasteiger partial charge in [0.15, 0.2) is 0 Å². The third kappa shape index (κ3) is 1.62. The topological polar surface area (TPSA) is 83.9 Å². The highest BCUT2D eigenvalue weighted by Crippen LogP contribution is 2.46. The number of hydrogen-bond donors (Lipinski definition) is 1. The van der Waals surface area contributed by atoms with Crippen molar-refractivity contribution < 1.29 is 24.2 Å². The molecule has 2 fully saturated rings. The lowest BCUT2D eigenvalue weighted by Crippen LogP contribution is -2.34. The van der Waals surface area contributed by atoms with Gasteiger partial charge in [0.25, 0.3) is 0 Å². The number of anilines is 1. The van der Waals surface area contributed by atoms with Gasteiger partial charge in [0.1, 0.15) is 0 Å². The van der Waals surface area contributed by atoms with Crippen LogP contribution in [0.3, 0.4) is 0 Å². The number of imide groups is 1. The molecule has 1 aromatic carbocycles. The van der Waals surface area contributed by atoms with Crippen LogP contribution in [0.25, 0.3) is 0 Å². The summed E-state index contributed by atoms with van der Waals surface area (Å²) in [6.07, 6.45) is 2.85. The highest BCUT2D eigenvalue weighted by Gasteiger charge is 2.61. The van der Waals surface area contributed by atoms with Gasteiger partial charge in [-0.1, -0.05) is 23.8 Å². The average Bonchev–Trinajstić information content (AvgIpc) is 3.14. The number of hydrogen-bond acceptors (Lipinski definition) is 4. The number of carboxylic acid groups (broad SMARTS) is 1. The van der Waals surface area contributed by atoms with Gasteiger partial charge in [-0.2, -0.15) is 0 Å². The number of carbonyl (C=O) groups is 3. The first-order valence-electron chi connectivity index (χ1n) is 6.73. The lowest BCUT2D eigenvalue weighted by atomic mass is 9.85. The number of aromatic carboxylic acids is 1. The van der Waals surface area contributed by atoms with Crippen LogP contribution in [0.2, 0.25) is 5.02 Å². The first-order valence-corrected chi connectivity index (χ1v) is 7.11. The zero-order valence-corrected chi connectivity index (χ0v) is 11.9. The Morgan fingerprint density at radius 3 is 2.27 bits per heavy atom. The quantitative estimate of drug-likeness (QED) is 0.659. The smallest absolute Gasteiger partial charge is 0.337 e. The molecule has 3 heterocycles. The molecule has 6 nitrogen and oxygen atoms in total. The van der Waals surface area contributed by atoms with Crippen molar-refractivity contribution in [1.29, 1.82) is 0 Å². The molecule has 3 aliphatic rings. The van der Waals surface area contributed by atoms with Gasteiger partial charge >= 0.3 is 5.97 Å². The summed E-state index contributed by atoms with van der Waals surface area (Å²) in [7, 11) is 0. The minimum absolute atomic E-state index is 0.0561. The number of fused-ring (bicyclic) bond motifs is 5. The predicted molar refractivity (Wildman–Crippen MR) is 75.7 cm³/mol. The SMILES string of the molecule is O=C(O)c1cc(N2C(=O)[C@@H]3[C@@H](C2=O)[C@H]2C=C[C@H]3O2)ccc1Cl. The van der Waals surface area contributed by atoms with Crippen molar-refractivity contribution in [2.45, 2.75) is 12.2 Å². The largest absolute Gasteiger partial charge is 0.478 e. The summed E-state index contributed by atoms with van der Waals surface area (Å²) >= 11 is 5.82. The van der Waals surface area contributed by atoms with Crippen LogP contribution in [-0.4, -0.2) is 35.1 Å². The zero-order valence-electron chi connectivity index (χ0n) is 11.1. The van der Waals surface area contributed by atoms with E-state index >= 15 is 0 Å². The summed E-state index contributed by atoms with van der Waals surface area (Å²) in [5.74, 6) is -2.97. The normalized spacial score (nSPS) is 32.0. The monoisotopic (exact) mass is 319 g/mol. The van der Waals surface area contributed by atoms with Crippen LogP contribution in [0.15, 0.2) is 30.4 Å². The fraction of sp³-hybridized carbons (Fsp3) is 0.267. The van der Waals surface area contributed by atoms with Crippen molar-refractivity contribution in [3.05, 3.63) is 40.9 Å². The third-order valence-electron chi connectivity index (χ3n) is 4.35. The fourth-order valence-corrected chi connectivity index (χ4v) is 3.57. The molecule has 1 N–H and O–H groups in total. The van der Waals surface area contributed by atoms with Gasteiger partial charge < -0.3 is 9.84 Å². The Labute approximate surface area is 129 Å². The van der Waals surface area contributed by atoms with Gasteiger partial charge in [0.2, 0.25) is 11.8 Å². The second kappa shape index (κ2) is 4.41. The van der Waals surface area contributed by atoms with Crippen molar-refractivity contribution in [2.75, 3.05) is 4.90 Å². The minimum Gasteiger partial charge on any atom is -0.478 e. The molecule has 2 saturated heterocycles. The van der Waals surface area contributed by atoms with E-state index in [1.54, 1.807) is 12.2 Å². The Hall–Kier alpha value is -2.18. The van der Waals surface area contributed by atoms with E-state index in [1.807, 2.05) is 0 Å². The molecule has 7 heteroatoms. The summed E-state index contributed by atoms with van der Waals surface area (Å²) in [4.78, 5) is 37.3. The molecule has 112 valence electrons. The van der Waals surface area contributed by atoms with Crippen LogP contribution in [0.5, 0.6) is 0 Å². The molecule has 0 aromatic heterocycles. The lowest BCUT2D eigenvalue weighted by molar-refractivity contribution is -0.124. The fourth-order valence-electron chi connectivity index (χ4n) is 3.37. The third-order valence-corrected chi connectivity index (χ3v) is 4.68. The number of amides is 2. The van der Waals surface area contributed by atoms with E-state index in [0.717, 1.165) is 4.90 Å². The maximum absolute atomic E-state index is 12.6. The maximum atomic E-state index is 12.6. The summed E-state index contributed by atoms with van der Waals surface area (Å²) in [6.45, 7) is 0. The lowest BCUT2D eigenvalue weighted by Gasteiger charge is -2.18. The molecule has 22 heavy (non-hydrogen) atoms. The van der Waals surface area contributed by atoms with Crippen LogP contribution in [0, 0.1) is 11.8 Å². The number of carbonyl (C=O) groups excluding carboxylic acids is 2. The predicted octanol–water partition coefficient (Wildman–Crippen LogP) is 1.48. The Morgan fingerprint density at radius 1 is 1.14 bits per heavy atom. The van der Waals surface area contributed by atoms with Crippen LogP contribution in [-0.2, 0) is 14.3 Å². The first kappa shape index (κ1) is 13.5. The summed E-state index contributed by atoms with van der Waals surface area (Å²) < 4.78 is 5.55. The van der Waals surface area contributed by atoms with Crippen LogP contribution >= 0.6 is 11.6 Å². The van der Waals surface area contributed by atoms with E-state index in [-0.39, 0.29) is 40.3 Å². The minimum atomic E-state index is -1.21. The van der Waals surface area contributed by atoms with Crippen LogP contribution in [0.4, 0.5) is 5.69 Å². The molecule has 1 aromatic rings. The van der Waals surface area contributed by atoms with Crippen molar-refractivity contribution in [2.24, 2.45) is 11.8 Å². The van der Waals surface area contributed by atoms with Gasteiger partial charge in [-0.05, 0) is 18.2 Å². The summed E-state index contributed by atoms with van der Waals surface area (Å²) in [5.41, 5.74) is 0.0831. The van der Waals surface area contributed by atoms with E-state index in [9.17, 15) is 14.4 Å². The Kier molecular flexibility index (Phi) is 2.70. The second-order valence-electron chi connectivity index (χ2n) is 5.48. The molecule has 3 aliphatic heterocycles. The number of halogens is 1. The number of nitrogens with zero attached hydrogens (tertiary/aromatic N) is 1. The Bertz CT molecular complexity index is 728. The number of ether oxygens (including phenoxy) is 1. The molecular weight excluding hydrogens is 310 g/mol. The van der Waals surface area contributed by atoms with Gasteiger partial charge in [0.05, 0.1) is 40.3 Å². The van der Waals surface area contributed by atoms with E-state index < -0.39 is 17.8 Å². The van der Waals surface area contributed by atoms with Gasteiger partial charge in [0, 0.05) is 0 Å². The summed E-state index contributed by atoms with van der Waals surface area (Å²) in [6, 6.07) is 4.10. The van der Waals surface area contributed by atoms with Crippen molar-refractivity contribution in [3.8, 4) is 0 Å². The molecule has 0 unspecified atom stereocenters.